The molecule has 0 radical (unpaired) electrons. The third kappa shape index (κ3) is 5.29. The van der Waals surface area contributed by atoms with Gasteiger partial charge in [-0.15, -0.1) is 11.3 Å². The zero-order valence-electron chi connectivity index (χ0n) is 17.7. The smallest absolute Gasteiger partial charge is 0.308 e. The van der Waals surface area contributed by atoms with Crippen molar-refractivity contribution in [3.63, 3.8) is 0 Å². The number of anilines is 1. The summed E-state index contributed by atoms with van der Waals surface area (Å²) in [6.45, 7) is -0.309. The zero-order valence-corrected chi connectivity index (χ0v) is 20.9. The molecule has 1 aliphatic rings. The Hall–Kier alpha value is -2.43. The van der Waals surface area contributed by atoms with Gasteiger partial charge in [-0.1, -0.05) is 59.6 Å². The van der Waals surface area contributed by atoms with E-state index in [0.717, 1.165) is 22.5 Å². The fourth-order valence-electron chi connectivity index (χ4n) is 3.80. The van der Waals surface area contributed by atoms with Crippen molar-refractivity contribution >= 4 is 62.1 Å². The van der Waals surface area contributed by atoms with E-state index in [0.29, 0.717) is 12.1 Å². The Labute approximate surface area is 211 Å². The van der Waals surface area contributed by atoms with Crippen molar-refractivity contribution in [3.05, 3.63) is 81.1 Å². The van der Waals surface area contributed by atoms with E-state index in [1.54, 1.807) is 41.8 Å². The number of carbonyl (C=O) groups excluding carboxylic acids is 2. The molecule has 1 amide bonds. The molecule has 3 aromatic rings. The summed E-state index contributed by atoms with van der Waals surface area (Å²) in [4.78, 5) is 24.9. The van der Waals surface area contributed by atoms with Gasteiger partial charge in [0, 0.05) is 6.54 Å². The van der Waals surface area contributed by atoms with Crippen molar-refractivity contribution in [2.24, 2.45) is 0 Å². The number of hydrogen-bond acceptors (Lipinski definition) is 6. The van der Waals surface area contributed by atoms with Crippen LogP contribution in [0.15, 0.2) is 64.2 Å². The second-order valence-electron chi connectivity index (χ2n) is 7.53. The van der Waals surface area contributed by atoms with Gasteiger partial charge >= 0.3 is 5.97 Å². The highest BCUT2D eigenvalue weighted by molar-refractivity contribution is 7.91. The van der Waals surface area contributed by atoms with Crippen LogP contribution < -0.4 is 5.32 Å². The second kappa shape index (κ2) is 10.5. The Balaban J connectivity index is 1.47. The zero-order chi connectivity index (χ0) is 24.3. The van der Waals surface area contributed by atoms with Crippen LogP contribution in [0.1, 0.15) is 23.6 Å². The number of carbonyl (C=O) groups is 2. The van der Waals surface area contributed by atoms with Gasteiger partial charge in [-0.05, 0) is 41.1 Å². The molecule has 1 unspecified atom stereocenters. The number of nitrogens with zero attached hydrogens (tertiary/aromatic N) is 1. The normalized spacial score (nSPS) is 16.0. The number of benzene rings is 2. The summed E-state index contributed by atoms with van der Waals surface area (Å²) in [5, 5.41) is 4.69. The van der Waals surface area contributed by atoms with Crippen LogP contribution in [-0.2, 0) is 30.8 Å². The van der Waals surface area contributed by atoms with Crippen molar-refractivity contribution in [2.45, 2.75) is 23.1 Å². The highest BCUT2D eigenvalue weighted by atomic mass is 35.5. The minimum atomic E-state index is -3.80. The van der Waals surface area contributed by atoms with Gasteiger partial charge in [-0.2, -0.15) is 4.31 Å². The first-order chi connectivity index (χ1) is 16.3. The van der Waals surface area contributed by atoms with E-state index in [2.05, 4.69) is 5.32 Å². The molecule has 2 aromatic carbocycles. The van der Waals surface area contributed by atoms with E-state index in [-0.39, 0.29) is 27.2 Å². The quantitative estimate of drug-likeness (QED) is 0.431. The number of amides is 1. The van der Waals surface area contributed by atoms with E-state index < -0.39 is 34.5 Å². The molecule has 2 heterocycles. The minimum Gasteiger partial charge on any atom is -0.456 e. The van der Waals surface area contributed by atoms with Crippen LogP contribution in [0.25, 0.3) is 0 Å². The predicted molar refractivity (Wildman–Crippen MR) is 132 cm³/mol. The fraction of sp³-hybridized carbons (Fsp3) is 0.217. The molecule has 4 rings (SSSR count). The summed E-state index contributed by atoms with van der Waals surface area (Å²) in [5.41, 5.74) is 2.02. The van der Waals surface area contributed by atoms with Crippen LogP contribution in [0.4, 0.5) is 5.69 Å². The highest BCUT2D eigenvalue weighted by Gasteiger charge is 2.38. The van der Waals surface area contributed by atoms with Gasteiger partial charge in [0.25, 0.3) is 15.9 Å². The molecular weight excluding hydrogens is 519 g/mol. The van der Waals surface area contributed by atoms with Gasteiger partial charge in [-0.3, -0.25) is 9.59 Å². The van der Waals surface area contributed by atoms with Gasteiger partial charge in [0.15, 0.2) is 6.61 Å². The lowest BCUT2D eigenvalue weighted by molar-refractivity contribution is -0.148. The van der Waals surface area contributed by atoms with Gasteiger partial charge in [-0.25, -0.2) is 8.42 Å². The van der Waals surface area contributed by atoms with E-state index in [1.165, 1.54) is 4.31 Å². The summed E-state index contributed by atoms with van der Waals surface area (Å²) in [6.07, 6.45) is 0.307. The molecule has 34 heavy (non-hydrogen) atoms. The molecule has 178 valence electrons. The predicted octanol–water partition coefficient (Wildman–Crippen LogP) is 4.92. The maximum absolute atomic E-state index is 13.3. The second-order valence-corrected chi connectivity index (χ2v) is 11.4. The first-order valence-electron chi connectivity index (χ1n) is 10.3. The third-order valence-corrected chi connectivity index (χ3v) is 9.47. The molecule has 1 atom stereocenters. The van der Waals surface area contributed by atoms with Crippen molar-refractivity contribution in [1.29, 1.82) is 0 Å². The molecule has 0 saturated heterocycles. The summed E-state index contributed by atoms with van der Waals surface area (Å²) >= 11 is 13.1. The lowest BCUT2D eigenvalue weighted by Crippen LogP contribution is -2.41. The van der Waals surface area contributed by atoms with Crippen LogP contribution >= 0.6 is 34.5 Å². The summed E-state index contributed by atoms with van der Waals surface area (Å²) in [5.74, 6) is -1.29. The summed E-state index contributed by atoms with van der Waals surface area (Å²) in [7, 11) is -3.80. The average Bonchev–Trinajstić information content (AvgIpc) is 3.37. The molecule has 0 fully saturated rings. The van der Waals surface area contributed by atoms with Gasteiger partial charge < -0.3 is 10.1 Å². The van der Waals surface area contributed by atoms with Crippen molar-refractivity contribution in [3.8, 4) is 0 Å². The molecular formula is C23H20Cl2N2O5S2. The minimum absolute atomic E-state index is 0.178. The number of hydrogen-bond donors (Lipinski definition) is 1. The van der Waals surface area contributed by atoms with Gasteiger partial charge in [0.05, 0.1) is 28.2 Å². The highest BCUT2D eigenvalue weighted by Crippen LogP contribution is 2.37. The fourth-order valence-corrected chi connectivity index (χ4v) is 6.88. The molecule has 1 aliphatic heterocycles. The summed E-state index contributed by atoms with van der Waals surface area (Å²) in [6, 6.07) is 14.7. The molecule has 0 spiro atoms. The van der Waals surface area contributed by atoms with Crippen LogP contribution in [-0.4, -0.2) is 37.8 Å². The molecule has 1 aromatic heterocycles. The Kier molecular flexibility index (Phi) is 7.59. The van der Waals surface area contributed by atoms with Gasteiger partial charge in [0.1, 0.15) is 4.21 Å². The SMILES string of the molecule is O=C(COC(=O)CC1c2ccccc2CCN1S(=O)(=O)c1cccs1)Nc1cccc(Cl)c1Cl. The third-order valence-electron chi connectivity index (χ3n) is 5.37. The summed E-state index contributed by atoms with van der Waals surface area (Å²) < 4.78 is 33.3. The van der Waals surface area contributed by atoms with E-state index in [4.69, 9.17) is 27.9 Å². The number of ether oxygens (including phenoxy) is 1. The van der Waals surface area contributed by atoms with Crippen LogP contribution in [0.5, 0.6) is 0 Å². The molecule has 1 N–H and O–H groups in total. The van der Waals surface area contributed by atoms with Crippen LogP contribution in [0.3, 0.4) is 0 Å². The van der Waals surface area contributed by atoms with Crippen LogP contribution in [0, 0.1) is 0 Å². The Morgan fingerprint density at radius 3 is 2.65 bits per heavy atom. The number of fused-ring (bicyclic) bond motifs is 1. The largest absolute Gasteiger partial charge is 0.456 e. The van der Waals surface area contributed by atoms with E-state index in [9.17, 15) is 18.0 Å². The van der Waals surface area contributed by atoms with E-state index in [1.807, 2.05) is 18.2 Å². The monoisotopic (exact) mass is 538 g/mol. The molecule has 7 nitrogen and oxygen atoms in total. The lowest BCUT2D eigenvalue weighted by atomic mass is 9.92. The number of halogens is 2. The van der Waals surface area contributed by atoms with Crippen LogP contribution in [0.2, 0.25) is 10.0 Å². The number of sulfonamides is 1. The standard InChI is InChI=1S/C23H20Cl2N2O5S2/c24-17-7-3-8-18(23(17)25)26-20(28)14-32-21(29)13-19-16-6-2-1-5-15(16)10-11-27(19)34(30,31)22-9-4-12-33-22/h1-9,12,19H,10-11,13-14H2,(H,26,28). The number of rotatable bonds is 7. The Morgan fingerprint density at radius 2 is 1.88 bits per heavy atom. The molecule has 0 aliphatic carbocycles. The first kappa shape index (κ1) is 24.7. The molecule has 0 bridgehead atoms. The van der Waals surface area contributed by atoms with Crippen molar-refractivity contribution in [1.82, 2.24) is 4.31 Å². The Bertz CT molecular complexity index is 1310. The maximum atomic E-state index is 13.3. The maximum Gasteiger partial charge on any atom is 0.308 e. The average molecular weight is 539 g/mol. The Morgan fingerprint density at radius 1 is 1.09 bits per heavy atom. The van der Waals surface area contributed by atoms with E-state index >= 15 is 0 Å². The first-order valence-corrected chi connectivity index (χ1v) is 13.4. The molecule has 11 heteroatoms. The lowest BCUT2D eigenvalue weighted by Gasteiger charge is -2.35. The topological polar surface area (TPSA) is 92.8 Å². The van der Waals surface area contributed by atoms with Crippen molar-refractivity contribution < 1.29 is 22.7 Å². The number of nitrogens with one attached hydrogen (secondary N) is 1. The molecule has 0 saturated carbocycles. The van der Waals surface area contributed by atoms with Crippen molar-refractivity contribution in [2.75, 3.05) is 18.5 Å². The van der Waals surface area contributed by atoms with Gasteiger partial charge in [0.2, 0.25) is 0 Å². The number of esters is 1. The number of thiophene rings is 1.